The molecule has 0 aliphatic carbocycles. The predicted octanol–water partition coefficient (Wildman–Crippen LogP) is 3.63. The first kappa shape index (κ1) is 14.6. The van der Waals surface area contributed by atoms with E-state index in [9.17, 15) is 4.79 Å². The van der Waals surface area contributed by atoms with Crippen molar-refractivity contribution in [2.75, 3.05) is 19.0 Å². The van der Waals surface area contributed by atoms with Gasteiger partial charge in [-0.25, -0.2) is 4.79 Å². The molecule has 100 valence electrons. The van der Waals surface area contributed by atoms with Crippen LogP contribution >= 0.6 is 0 Å². The first-order valence-corrected chi connectivity index (χ1v) is 6.55. The summed E-state index contributed by atoms with van der Waals surface area (Å²) in [6, 6.07) is 5.61. The van der Waals surface area contributed by atoms with Gasteiger partial charge in [-0.2, -0.15) is 0 Å². The molecule has 1 aromatic carbocycles. The minimum atomic E-state index is -0.291. The van der Waals surface area contributed by atoms with Crippen molar-refractivity contribution in [2.45, 2.75) is 33.6 Å². The summed E-state index contributed by atoms with van der Waals surface area (Å²) < 4.78 is 4.73. The zero-order valence-corrected chi connectivity index (χ0v) is 11.7. The van der Waals surface area contributed by atoms with E-state index in [4.69, 9.17) is 4.74 Å². The molecular weight excluding hydrogens is 226 g/mol. The molecule has 0 aliphatic rings. The molecule has 0 bridgehead atoms. The van der Waals surface area contributed by atoms with Crippen LogP contribution in [0.15, 0.2) is 18.2 Å². The van der Waals surface area contributed by atoms with Gasteiger partial charge in [-0.15, -0.1) is 0 Å². The standard InChI is InChI=1S/C15H23NO2/c1-5-12(6-2)10-16-14-9-13(15(17)18-4)8-7-11(14)3/h7-9,12,16H,5-6,10H2,1-4H3. The van der Waals surface area contributed by atoms with Gasteiger partial charge >= 0.3 is 5.97 Å². The van der Waals surface area contributed by atoms with Crippen molar-refractivity contribution in [3.8, 4) is 0 Å². The molecule has 0 unspecified atom stereocenters. The Hall–Kier alpha value is -1.51. The highest BCUT2D eigenvalue weighted by molar-refractivity contribution is 5.90. The molecule has 18 heavy (non-hydrogen) atoms. The molecule has 1 aromatic rings. The Morgan fingerprint density at radius 3 is 2.56 bits per heavy atom. The van der Waals surface area contributed by atoms with Crippen LogP contribution in [-0.2, 0) is 4.74 Å². The zero-order chi connectivity index (χ0) is 13.5. The lowest BCUT2D eigenvalue weighted by Crippen LogP contribution is -2.14. The van der Waals surface area contributed by atoms with E-state index in [1.165, 1.54) is 20.0 Å². The van der Waals surface area contributed by atoms with E-state index in [0.29, 0.717) is 11.5 Å². The molecule has 1 N–H and O–H groups in total. The van der Waals surface area contributed by atoms with E-state index in [1.54, 1.807) is 6.07 Å². The van der Waals surface area contributed by atoms with Crippen molar-refractivity contribution in [2.24, 2.45) is 5.92 Å². The summed E-state index contributed by atoms with van der Waals surface area (Å²) in [5.41, 5.74) is 2.76. The van der Waals surface area contributed by atoms with Crippen LogP contribution in [0.3, 0.4) is 0 Å². The lowest BCUT2D eigenvalue weighted by Gasteiger charge is -2.16. The fraction of sp³-hybridized carbons (Fsp3) is 0.533. The van der Waals surface area contributed by atoms with Crippen molar-refractivity contribution in [3.05, 3.63) is 29.3 Å². The summed E-state index contributed by atoms with van der Waals surface area (Å²) >= 11 is 0. The minimum Gasteiger partial charge on any atom is -0.465 e. The number of nitrogens with one attached hydrogen (secondary N) is 1. The molecule has 0 amide bonds. The predicted molar refractivity (Wildman–Crippen MR) is 75.1 cm³/mol. The van der Waals surface area contributed by atoms with Crippen LogP contribution in [0.2, 0.25) is 0 Å². The molecule has 0 atom stereocenters. The van der Waals surface area contributed by atoms with Gasteiger partial charge in [0.2, 0.25) is 0 Å². The van der Waals surface area contributed by atoms with Gasteiger partial charge in [0, 0.05) is 12.2 Å². The third-order valence-corrected chi connectivity index (χ3v) is 3.39. The second kappa shape index (κ2) is 7.04. The number of ether oxygens (including phenoxy) is 1. The lowest BCUT2D eigenvalue weighted by atomic mass is 10.0. The Morgan fingerprint density at radius 2 is 2.00 bits per heavy atom. The average Bonchev–Trinajstić information content (AvgIpc) is 2.40. The van der Waals surface area contributed by atoms with Crippen molar-refractivity contribution in [1.82, 2.24) is 0 Å². The summed E-state index contributed by atoms with van der Waals surface area (Å²) in [5, 5.41) is 3.43. The lowest BCUT2D eigenvalue weighted by molar-refractivity contribution is 0.0601. The van der Waals surface area contributed by atoms with Crippen LogP contribution in [0.4, 0.5) is 5.69 Å². The van der Waals surface area contributed by atoms with Crippen LogP contribution in [0.5, 0.6) is 0 Å². The van der Waals surface area contributed by atoms with Gasteiger partial charge in [-0.1, -0.05) is 32.8 Å². The fourth-order valence-electron chi connectivity index (χ4n) is 1.89. The summed E-state index contributed by atoms with van der Waals surface area (Å²) in [5.74, 6) is 0.381. The fourth-order valence-corrected chi connectivity index (χ4v) is 1.89. The highest BCUT2D eigenvalue weighted by Crippen LogP contribution is 2.19. The van der Waals surface area contributed by atoms with E-state index in [2.05, 4.69) is 19.2 Å². The molecule has 0 radical (unpaired) electrons. The number of anilines is 1. The van der Waals surface area contributed by atoms with E-state index < -0.39 is 0 Å². The minimum absolute atomic E-state index is 0.291. The summed E-state index contributed by atoms with van der Waals surface area (Å²) in [6.45, 7) is 7.38. The highest BCUT2D eigenvalue weighted by atomic mass is 16.5. The van der Waals surface area contributed by atoms with Gasteiger partial charge in [0.1, 0.15) is 0 Å². The molecule has 0 saturated heterocycles. The summed E-state index contributed by atoms with van der Waals surface area (Å²) in [6.07, 6.45) is 2.33. The van der Waals surface area contributed by atoms with Crippen LogP contribution < -0.4 is 5.32 Å². The van der Waals surface area contributed by atoms with Crippen molar-refractivity contribution < 1.29 is 9.53 Å². The maximum atomic E-state index is 11.5. The number of aryl methyl sites for hydroxylation is 1. The molecule has 0 aliphatic heterocycles. The van der Waals surface area contributed by atoms with Crippen LogP contribution in [-0.4, -0.2) is 19.6 Å². The maximum absolute atomic E-state index is 11.5. The van der Waals surface area contributed by atoms with E-state index in [0.717, 1.165) is 17.8 Å². The third kappa shape index (κ3) is 3.76. The van der Waals surface area contributed by atoms with E-state index >= 15 is 0 Å². The Bertz CT molecular complexity index is 397. The Kier molecular flexibility index (Phi) is 5.69. The largest absolute Gasteiger partial charge is 0.465 e. The summed E-state index contributed by atoms with van der Waals surface area (Å²) in [4.78, 5) is 11.5. The van der Waals surface area contributed by atoms with E-state index in [-0.39, 0.29) is 5.97 Å². The molecule has 1 rings (SSSR count). The van der Waals surface area contributed by atoms with Crippen LogP contribution in [0.1, 0.15) is 42.6 Å². The average molecular weight is 249 g/mol. The van der Waals surface area contributed by atoms with Gasteiger partial charge in [-0.05, 0) is 30.5 Å². The van der Waals surface area contributed by atoms with Gasteiger partial charge in [0.05, 0.1) is 12.7 Å². The zero-order valence-electron chi connectivity index (χ0n) is 11.7. The monoisotopic (exact) mass is 249 g/mol. The first-order valence-electron chi connectivity index (χ1n) is 6.55. The molecule has 0 fully saturated rings. The quantitative estimate of drug-likeness (QED) is 0.782. The van der Waals surface area contributed by atoms with Gasteiger partial charge in [0.15, 0.2) is 0 Å². The number of carbonyl (C=O) groups excluding carboxylic acids is 1. The SMILES string of the molecule is CCC(CC)CNc1cc(C(=O)OC)ccc1C. The molecule has 0 aromatic heterocycles. The molecular formula is C15H23NO2. The highest BCUT2D eigenvalue weighted by Gasteiger charge is 2.09. The van der Waals surface area contributed by atoms with Crippen LogP contribution in [0, 0.1) is 12.8 Å². The third-order valence-electron chi connectivity index (χ3n) is 3.39. The maximum Gasteiger partial charge on any atom is 0.337 e. The van der Waals surface area contributed by atoms with Crippen LogP contribution in [0.25, 0.3) is 0 Å². The smallest absolute Gasteiger partial charge is 0.337 e. The number of hydrogen-bond donors (Lipinski definition) is 1. The topological polar surface area (TPSA) is 38.3 Å². The number of esters is 1. The Balaban J connectivity index is 2.78. The van der Waals surface area contributed by atoms with Crippen molar-refractivity contribution in [1.29, 1.82) is 0 Å². The number of hydrogen-bond acceptors (Lipinski definition) is 3. The van der Waals surface area contributed by atoms with Gasteiger partial charge in [0.25, 0.3) is 0 Å². The van der Waals surface area contributed by atoms with E-state index in [1.807, 2.05) is 19.1 Å². The molecule has 3 heteroatoms. The summed E-state index contributed by atoms with van der Waals surface area (Å²) in [7, 11) is 1.40. The molecule has 0 saturated carbocycles. The Morgan fingerprint density at radius 1 is 1.33 bits per heavy atom. The molecule has 0 spiro atoms. The number of methoxy groups -OCH3 is 1. The van der Waals surface area contributed by atoms with Crippen molar-refractivity contribution >= 4 is 11.7 Å². The second-order valence-corrected chi connectivity index (χ2v) is 4.58. The molecule has 3 nitrogen and oxygen atoms in total. The number of rotatable bonds is 6. The van der Waals surface area contributed by atoms with Crippen molar-refractivity contribution in [3.63, 3.8) is 0 Å². The normalized spacial score (nSPS) is 10.5. The number of benzene rings is 1. The van der Waals surface area contributed by atoms with Gasteiger partial charge in [-0.3, -0.25) is 0 Å². The second-order valence-electron chi connectivity index (χ2n) is 4.58. The Labute approximate surface area is 110 Å². The van der Waals surface area contributed by atoms with Gasteiger partial charge < -0.3 is 10.1 Å². The molecule has 0 heterocycles. The number of carbonyl (C=O) groups is 1. The first-order chi connectivity index (χ1) is 8.62.